The van der Waals surface area contributed by atoms with Crippen molar-refractivity contribution >= 4 is 11.2 Å². The molecule has 0 aromatic carbocycles. The lowest BCUT2D eigenvalue weighted by atomic mass is 10.1. The normalized spacial score (nSPS) is 20.2. The van der Waals surface area contributed by atoms with Crippen LogP contribution in [0.15, 0.2) is 18.3 Å². The Morgan fingerprint density at radius 1 is 1.29 bits per heavy atom. The summed E-state index contributed by atoms with van der Waals surface area (Å²) in [6, 6.07) is 5.19. The Labute approximate surface area is 127 Å². The third kappa shape index (κ3) is 2.82. The summed E-state index contributed by atoms with van der Waals surface area (Å²) in [4.78, 5) is 12.0. The Morgan fingerprint density at radius 2 is 2.10 bits per heavy atom. The average Bonchev–Trinajstić information content (AvgIpc) is 3.01. The van der Waals surface area contributed by atoms with Crippen LogP contribution in [0.2, 0.25) is 0 Å². The minimum Gasteiger partial charge on any atom is -0.308 e. The molecule has 21 heavy (non-hydrogen) atoms. The highest BCUT2D eigenvalue weighted by Crippen LogP contribution is 2.29. The number of rotatable bonds is 4. The molecule has 114 valence electrons. The topological polar surface area (TPSA) is 34.0 Å². The second-order valence-electron chi connectivity index (χ2n) is 6.87. The highest BCUT2D eigenvalue weighted by Gasteiger charge is 2.28. The maximum atomic E-state index is 4.85. The molecule has 0 saturated carbocycles. The molecule has 2 aromatic rings. The van der Waals surface area contributed by atoms with E-state index in [1.165, 1.54) is 18.8 Å². The van der Waals surface area contributed by atoms with Gasteiger partial charge in [0.05, 0.1) is 6.04 Å². The quantitative estimate of drug-likeness (QED) is 0.865. The molecule has 0 spiro atoms. The van der Waals surface area contributed by atoms with E-state index in [2.05, 4.69) is 48.2 Å². The van der Waals surface area contributed by atoms with E-state index in [0.29, 0.717) is 18.0 Å². The second kappa shape index (κ2) is 5.76. The van der Waals surface area contributed by atoms with Crippen LogP contribution >= 0.6 is 0 Å². The summed E-state index contributed by atoms with van der Waals surface area (Å²) in [6.07, 6.45) is 4.11. The van der Waals surface area contributed by atoms with Gasteiger partial charge in [-0.05, 0) is 38.3 Å². The Morgan fingerprint density at radius 3 is 2.76 bits per heavy atom. The fourth-order valence-corrected chi connectivity index (χ4v) is 3.32. The number of likely N-dealkylation sites (tertiary alicyclic amines) is 1. The van der Waals surface area contributed by atoms with Gasteiger partial charge < -0.3 is 4.57 Å². The van der Waals surface area contributed by atoms with Gasteiger partial charge >= 0.3 is 0 Å². The van der Waals surface area contributed by atoms with Crippen molar-refractivity contribution in [1.29, 1.82) is 0 Å². The van der Waals surface area contributed by atoms with Crippen molar-refractivity contribution in [3.8, 4) is 0 Å². The zero-order valence-corrected chi connectivity index (χ0v) is 13.6. The SMILES string of the molecule is CC(C)Cc1nc2cccnc2n1C1CCN(C(C)C)C1. The minimum absolute atomic E-state index is 0.515. The smallest absolute Gasteiger partial charge is 0.160 e. The predicted molar refractivity (Wildman–Crippen MR) is 86.4 cm³/mol. The largest absolute Gasteiger partial charge is 0.308 e. The van der Waals surface area contributed by atoms with Crippen LogP contribution in [0.25, 0.3) is 11.2 Å². The van der Waals surface area contributed by atoms with Crippen molar-refractivity contribution < 1.29 is 0 Å². The summed E-state index contributed by atoms with van der Waals surface area (Å²) in [5.74, 6) is 1.82. The van der Waals surface area contributed by atoms with Crippen molar-refractivity contribution in [2.45, 2.75) is 52.6 Å². The van der Waals surface area contributed by atoms with Crippen LogP contribution in [0.3, 0.4) is 0 Å². The van der Waals surface area contributed by atoms with Gasteiger partial charge in [-0.15, -0.1) is 0 Å². The number of aromatic nitrogens is 3. The zero-order valence-electron chi connectivity index (χ0n) is 13.6. The molecule has 4 heteroatoms. The van der Waals surface area contributed by atoms with Crippen LogP contribution in [-0.2, 0) is 6.42 Å². The fraction of sp³-hybridized carbons (Fsp3) is 0.647. The van der Waals surface area contributed by atoms with E-state index < -0.39 is 0 Å². The van der Waals surface area contributed by atoms with Gasteiger partial charge in [0.1, 0.15) is 11.3 Å². The van der Waals surface area contributed by atoms with Gasteiger partial charge in [0.2, 0.25) is 0 Å². The number of pyridine rings is 1. The van der Waals surface area contributed by atoms with Crippen molar-refractivity contribution in [3.63, 3.8) is 0 Å². The Bertz CT molecular complexity index is 614. The molecular weight excluding hydrogens is 260 g/mol. The van der Waals surface area contributed by atoms with Crippen molar-refractivity contribution in [2.24, 2.45) is 5.92 Å². The number of hydrogen-bond donors (Lipinski definition) is 0. The van der Waals surface area contributed by atoms with Gasteiger partial charge in [0.25, 0.3) is 0 Å². The summed E-state index contributed by atoms with van der Waals surface area (Å²) < 4.78 is 2.41. The number of fused-ring (bicyclic) bond motifs is 1. The molecule has 1 aliphatic rings. The molecule has 4 nitrogen and oxygen atoms in total. The molecular formula is C17H26N4. The highest BCUT2D eigenvalue weighted by atomic mass is 15.2. The number of imidazole rings is 1. The van der Waals surface area contributed by atoms with Crippen molar-refractivity contribution in [3.05, 3.63) is 24.2 Å². The van der Waals surface area contributed by atoms with Gasteiger partial charge in [0.15, 0.2) is 5.65 Å². The van der Waals surface area contributed by atoms with E-state index in [9.17, 15) is 0 Å². The third-order valence-corrected chi connectivity index (χ3v) is 4.40. The molecule has 3 heterocycles. The standard InChI is InChI=1S/C17H26N4/c1-12(2)10-16-19-15-6-5-8-18-17(15)21(16)14-7-9-20(11-14)13(3)4/h5-6,8,12-14H,7,9-11H2,1-4H3. The molecule has 1 saturated heterocycles. The molecule has 1 unspecified atom stereocenters. The maximum Gasteiger partial charge on any atom is 0.160 e. The van der Waals surface area contributed by atoms with Gasteiger partial charge in [0, 0.05) is 31.7 Å². The van der Waals surface area contributed by atoms with Crippen LogP contribution in [0, 0.1) is 5.92 Å². The van der Waals surface area contributed by atoms with Crippen LogP contribution in [-0.4, -0.2) is 38.6 Å². The fourth-order valence-electron chi connectivity index (χ4n) is 3.32. The van der Waals surface area contributed by atoms with Crippen LogP contribution in [0.1, 0.15) is 46.0 Å². The lowest BCUT2D eigenvalue weighted by Gasteiger charge is -2.21. The first-order valence-corrected chi connectivity index (χ1v) is 8.12. The van der Waals surface area contributed by atoms with Crippen molar-refractivity contribution in [2.75, 3.05) is 13.1 Å². The summed E-state index contributed by atoms with van der Waals surface area (Å²) >= 11 is 0. The first kappa shape index (κ1) is 14.5. The van der Waals surface area contributed by atoms with E-state index >= 15 is 0 Å². The molecule has 0 aliphatic carbocycles. The van der Waals surface area contributed by atoms with Gasteiger partial charge in [-0.2, -0.15) is 0 Å². The number of hydrogen-bond acceptors (Lipinski definition) is 3. The molecule has 1 atom stereocenters. The highest BCUT2D eigenvalue weighted by molar-refractivity contribution is 5.71. The zero-order chi connectivity index (χ0) is 15.0. The summed E-state index contributed by atoms with van der Waals surface area (Å²) in [6.45, 7) is 11.4. The molecule has 0 N–H and O–H groups in total. The molecule has 0 bridgehead atoms. The molecule has 2 aromatic heterocycles. The first-order valence-electron chi connectivity index (χ1n) is 8.12. The van der Waals surface area contributed by atoms with Gasteiger partial charge in [-0.1, -0.05) is 13.8 Å². The second-order valence-corrected chi connectivity index (χ2v) is 6.87. The van der Waals surface area contributed by atoms with E-state index in [1.54, 1.807) is 0 Å². The maximum absolute atomic E-state index is 4.85. The molecule has 1 aliphatic heterocycles. The molecule has 0 radical (unpaired) electrons. The van der Waals surface area contributed by atoms with Crippen LogP contribution < -0.4 is 0 Å². The summed E-state index contributed by atoms with van der Waals surface area (Å²) in [5, 5.41) is 0. The van der Waals surface area contributed by atoms with E-state index in [1.807, 2.05) is 12.3 Å². The first-order chi connectivity index (χ1) is 10.1. The Hall–Kier alpha value is -1.42. The van der Waals surface area contributed by atoms with Crippen LogP contribution in [0.5, 0.6) is 0 Å². The Kier molecular flexibility index (Phi) is 3.98. The van der Waals surface area contributed by atoms with E-state index in [0.717, 1.165) is 24.1 Å². The van der Waals surface area contributed by atoms with Gasteiger partial charge in [-0.3, -0.25) is 4.90 Å². The minimum atomic E-state index is 0.515. The summed E-state index contributed by atoms with van der Waals surface area (Å²) in [7, 11) is 0. The molecule has 3 rings (SSSR count). The lowest BCUT2D eigenvalue weighted by molar-refractivity contribution is 0.265. The monoisotopic (exact) mass is 286 g/mol. The molecule has 0 amide bonds. The third-order valence-electron chi connectivity index (χ3n) is 4.40. The van der Waals surface area contributed by atoms with Crippen molar-refractivity contribution in [1.82, 2.24) is 19.4 Å². The average molecular weight is 286 g/mol. The van der Waals surface area contributed by atoms with E-state index in [-0.39, 0.29) is 0 Å². The predicted octanol–water partition coefficient (Wildman–Crippen LogP) is 3.29. The van der Waals surface area contributed by atoms with Crippen LogP contribution in [0.4, 0.5) is 0 Å². The number of nitrogens with zero attached hydrogens (tertiary/aromatic N) is 4. The molecule has 1 fully saturated rings. The summed E-state index contributed by atoms with van der Waals surface area (Å²) in [5.41, 5.74) is 2.10. The lowest BCUT2D eigenvalue weighted by Crippen LogP contribution is -2.29. The Balaban J connectivity index is 1.99. The van der Waals surface area contributed by atoms with E-state index in [4.69, 9.17) is 4.98 Å². The van der Waals surface area contributed by atoms with Gasteiger partial charge in [-0.25, -0.2) is 9.97 Å².